The molecule has 1 aromatic rings. The van der Waals surface area contributed by atoms with Gasteiger partial charge >= 0.3 is 0 Å². The van der Waals surface area contributed by atoms with Crippen LogP contribution >= 0.6 is 12.4 Å². The van der Waals surface area contributed by atoms with E-state index in [4.69, 9.17) is 0 Å². The second kappa shape index (κ2) is 6.11. The summed E-state index contributed by atoms with van der Waals surface area (Å²) in [6.45, 7) is 6.78. The van der Waals surface area contributed by atoms with Gasteiger partial charge in [-0.05, 0) is 12.5 Å². The third kappa shape index (κ3) is 3.82. The molecule has 84 valence electrons. The van der Waals surface area contributed by atoms with E-state index in [1.807, 2.05) is 0 Å². The van der Waals surface area contributed by atoms with Crippen molar-refractivity contribution in [1.29, 1.82) is 0 Å². The zero-order chi connectivity index (χ0) is 9.80. The molecule has 0 unspecified atom stereocenters. The molecule has 0 spiro atoms. The van der Waals surface area contributed by atoms with E-state index in [2.05, 4.69) is 47.5 Å². The van der Waals surface area contributed by atoms with Crippen molar-refractivity contribution < 1.29 is 0 Å². The normalized spacial score (nSPS) is 22.1. The molecule has 1 fully saturated rings. The van der Waals surface area contributed by atoms with E-state index in [1.165, 1.54) is 12.1 Å². The van der Waals surface area contributed by atoms with Crippen LogP contribution < -0.4 is 5.32 Å². The minimum Gasteiger partial charge on any atom is -0.312 e. The van der Waals surface area contributed by atoms with Crippen molar-refractivity contribution in [3.05, 3.63) is 35.9 Å². The van der Waals surface area contributed by atoms with Gasteiger partial charge in [0.1, 0.15) is 0 Å². The summed E-state index contributed by atoms with van der Waals surface area (Å²) in [6.07, 6.45) is 0. The Hall–Kier alpha value is -0.570. The molecule has 0 saturated carbocycles. The second-order valence-electron chi connectivity index (χ2n) is 4.08. The molecule has 2 rings (SSSR count). The summed E-state index contributed by atoms with van der Waals surface area (Å²) in [6, 6.07) is 11.3. The summed E-state index contributed by atoms with van der Waals surface area (Å²) in [5, 5.41) is 3.46. The molecule has 1 atom stereocenters. The third-order valence-corrected chi connectivity index (χ3v) is 2.70. The smallest absolute Gasteiger partial charge is 0.0234 e. The predicted molar refractivity (Wildman–Crippen MR) is 66.4 cm³/mol. The number of benzene rings is 1. The average molecular weight is 227 g/mol. The van der Waals surface area contributed by atoms with Gasteiger partial charge in [-0.3, -0.25) is 4.90 Å². The molecule has 0 radical (unpaired) electrons. The van der Waals surface area contributed by atoms with Crippen molar-refractivity contribution in [3.63, 3.8) is 0 Å². The first-order valence-electron chi connectivity index (χ1n) is 5.34. The van der Waals surface area contributed by atoms with Crippen LogP contribution in [-0.2, 0) is 6.54 Å². The van der Waals surface area contributed by atoms with Crippen LogP contribution in [0.1, 0.15) is 12.5 Å². The summed E-state index contributed by atoms with van der Waals surface area (Å²) in [4.78, 5) is 2.51. The van der Waals surface area contributed by atoms with Crippen LogP contribution in [-0.4, -0.2) is 30.6 Å². The van der Waals surface area contributed by atoms with Crippen LogP contribution in [0.4, 0.5) is 0 Å². The summed E-state index contributed by atoms with van der Waals surface area (Å²) in [5.41, 5.74) is 1.42. The Morgan fingerprint density at radius 1 is 1.33 bits per heavy atom. The lowest BCUT2D eigenvalue weighted by molar-refractivity contribution is 0.199. The number of piperazine rings is 1. The fourth-order valence-electron chi connectivity index (χ4n) is 2.00. The van der Waals surface area contributed by atoms with E-state index in [1.54, 1.807) is 0 Å². The molecule has 0 aliphatic carbocycles. The number of hydrogen-bond acceptors (Lipinski definition) is 2. The van der Waals surface area contributed by atoms with E-state index in [-0.39, 0.29) is 12.4 Å². The number of hydrogen-bond donors (Lipinski definition) is 1. The van der Waals surface area contributed by atoms with E-state index in [9.17, 15) is 0 Å². The van der Waals surface area contributed by atoms with Gasteiger partial charge in [-0.2, -0.15) is 0 Å². The molecule has 1 aliphatic rings. The average Bonchev–Trinajstić information content (AvgIpc) is 2.19. The highest BCUT2D eigenvalue weighted by atomic mass is 35.5. The second-order valence-corrected chi connectivity index (χ2v) is 4.08. The molecule has 0 aromatic heterocycles. The molecule has 3 heteroatoms. The van der Waals surface area contributed by atoms with E-state index in [0.717, 1.165) is 19.6 Å². The lowest BCUT2D eigenvalue weighted by Gasteiger charge is -2.31. The van der Waals surface area contributed by atoms with Crippen LogP contribution in [0.25, 0.3) is 0 Å². The van der Waals surface area contributed by atoms with Gasteiger partial charge in [0.2, 0.25) is 0 Å². The highest BCUT2D eigenvalue weighted by Gasteiger charge is 2.14. The van der Waals surface area contributed by atoms with E-state index in [0.29, 0.717) is 6.04 Å². The molecule has 1 N–H and O–H groups in total. The zero-order valence-corrected chi connectivity index (χ0v) is 9.96. The third-order valence-electron chi connectivity index (χ3n) is 2.70. The van der Waals surface area contributed by atoms with Gasteiger partial charge in [0, 0.05) is 32.2 Å². The van der Waals surface area contributed by atoms with Gasteiger partial charge in [-0.15, -0.1) is 12.4 Å². The molecule has 1 aromatic carbocycles. The highest BCUT2D eigenvalue weighted by Crippen LogP contribution is 2.06. The minimum absolute atomic E-state index is 0. The molecule has 0 amide bonds. The summed E-state index contributed by atoms with van der Waals surface area (Å²) in [5.74, 6) is 0. The highest BCUT2D eigenvalue weighted by molar-refractivity contribution is 5.85. The monoisotopic (exact) mass is 226 g/mol. The Kier molecular flexibility index (Phi) is 5.09. The lowest BCUT2D eigenvalue weighted by atomic mass is 10.2. The first kappa shape index (κ1) is 12.5. The fourth-order valence-corrected chi connectivity index (χ4v) is 2.00. The van der Waals surface area contributed by atoms with Crippen molar-refractivity contribution in [2.75, 3.05) is 19.6 Å². The van der Waals surface area contributed by atoms with Gasteiger partial charge in [0.25, 0.3) is 0 Å². The van der Waals surface area contributed by atoms with Crippen molar-refractivity contribution in [2.24, 2.45) is 0 Å². The largest absolute Gasteiger partial charge is 0.312 e. The zero-order valence-electron chi connectivity index (χ0n) is 9.15. The van der Waals surface area contributed by atoms with Crippen molar-refractivity contribution in [2.45, 2.75) is 19.5 Å². The Labute approximate surface area is 98.1 Å². The van der Waals surface area contributed by atoms with Gasteiger partial charge in [0.15, 0.2) is 0 Å². The molecule has 2 nitrogen and oxygen atoms in total. The molecule has 1 saturated heterocycles. The van der Waals surface area contributed by atoms with Crippen LogP contribution in [0.3, 0.4) is 0 Å². The summed E-state index contributed by atoms with van der Waals surface area (Å²) in [7, 11) is 0. The fraction of sp³-hybridized carbons (Fsp3) is 0.500. The maximum Gasteiger partial charge on any atom is 0.0234 e. The van der Waals surface area contributed by atoms with Crippen molar-refractivity contribution in [1.82, 2.24) is 10.2 Å². The SMILES string of the molecule is C[C@@H]1CN(Cc2ccccc2)CCN1.Cl. The van der Waals surface area contributed by atoms with Gasteiger partial charge in [-0.25, -0.2) is 0 Å². The van der Waals surface area contributed by atoms with Crippen LogP contribution in [0.15, 0.2) is 30.3 Å². The lowest BCUT2D eigenvalue weighted by Crippen LogP contribution is -2.48. The predicted octanol–water partition coefficient (Wildman–Crippen LogP) is 1.90. The van der Waals surface area contributed by atoms with Gasteiger partial charge < -0.3 is 5.32 Å². The maximum absolute atomic E-state index is 3.46. The minimum atomic E-state index is 0. The topological polar surface area (TPSA) is 15.3 Å². The van der Waals surface area contributed by atoms with Crippen molar-refractivity contribution in [3.8, 4) is 0 Å². The number of nitrogens with one attached hydrogen (secondary N) is 1. The summed E-state index contributed by atoms with van der Waals surface area (Å²) >= 11 is 0. The van der Waals surface area contributed by atoms with E-state index < -0.39 is 0 Å². The van der Waals surface area contributed by atoms with Crippen LogP contribution in [0, 0.1) is 0 Å². The number of nitrogens with zero attached hydrogens (tertiary/aromatic N) is 1. The van der Waals surface area contributed by atoms with Crippen LogP contribution in [0.5, 0.6) is 0 Å². The molecule has 1 aliphatic heterocycles. The number of rotatable bonds is 2. The molecule has 15 heavy (non-hydrogen) atoms. The van der Waals surface area contributed by atoms with Gasteiger partial charge in [0.05, 0.1) is 0 Å². The Balaban J connectivity index is 0.00000112. The van der Waals surface area contributed by atoms with Crippen LogP contribution in [0.2, 0.25) is 0 Å². The first-order chi connectivity index (χ1) is 6.84. The maximum atomic E-state index is 3.46. The first-order valence-corrected chi connectivity index (χ1v) is 5.34. The molecule has 0 bridgehead atoms. The van der Waals surface area contributed by atoms with E-state index >= 15 is 0 Å². The molecular weight excluding hydrogens is 208 g/mol. The Bertz CT molecular complexity index is 276. The van der Waals surface area contributed by atoms with Gasteiger partial charge in [-0.1, -0.05) is 30.3 Å². The molecule has 1 heterocycles. The Morgan fingerprint density at radius 2 is 2.07 bits per heavy atom. The Morgan fingerprint density at radius 3 is 2.73 bits per heavy atom. The quantitative estimate of drug-likeness (QED) is 0.829. The number of halogens is 1. The standard InChI is InChI=1S/C12H18N2.ClH/c1-11-9-14(8-7-13-11)10-12-5-3-2-4-6-12;/h2-6,11,13H,7-10H2,1H3;1H/t11-;/m1./s1. The summed E-state index contributed by atoms with van der Waals surface area (Å²) < 4.78 is 0. The molecular formula is C12H19ClN2. The van der Waals surface area contributed by atoms with Crippen molar-refractivity contribution >= 4 is 12.4 Å².